The number of oxazole rings is 1. The van der Waals surface area contributed by atoms with Gasteiger partial charge in [0.25, 0.3) is 0 Å². The van der Waals surface area contributed by atoms with Crippen LogP contribution in [0.5, 0.6) is 0 Å². The number of aliphatic carboxylic acids is 1. The van der Waals surface area contributed by atoms with Gasteiger partial charge in [0.05, 0.1) is 5.92 Å². The Morgan fingerprint density at radius 2 is 1.95 bits per heavy atom. The van der Waals surface area contributed by atoms with Crippen LogP contribution in [0.1, 0.15) is 18.4 Å². The smallest absolute Gasteiger partial charge is 0.310 e. The summed E-state index contributed by atoms with van der Waals surface area (Å²) in [5.41, 5.74) is 2.95. The monoisotopic (exact) mass is 393 g/mol. The highest BCUT2D eigenvalue weighted by Gasteiger charge is 2.16. The molecule has 21 heavy (non-hydrogen) atoms. The van der Waals surface area contributed by atoms with Crippen molar-refractivity contribution < 1.29 is 14.3 Å². The molecular formula is C16H12INO3. The number of fused-ring (bicyclic) bond motifs is 1. The topological polar surface area (TPSA) is 63.3 Å². The lowest BCUT2D eigenvalue weighted by atomic mass is 10.0. The molecule has 0 saturated carbocycles. The number of aromatic nitrogens is 1. The zero-order chi connectivity index (χ0) is 15.0. The molecule has 1 atom stereocenters. The van der Waals surface area contributed by atoms with Gasteiger partial charge < -0.3 is 9.52 Å². The van der Waals surface area contributed by atoms with Crippen molar-refractivity contribution in [2.24, 2.45) is 0 Å². The van der Waals surface area contributed by atoms with E-state index in [0.29, 0.717) is 17.0 Å². The molecule has 1 heterocycles. The average molecular weight is 393 g/mol. The van der Waals surface area contributed by atoms with E-state index in [1.807, 2.05) is 24.3 Å². The zero-order valence-electron chi connectivity index (χ0n) is 11.2. The van der Waals surface area contributed by atoms with E-state index in [1.165, 1.54) is 0 Å². The summed E-state index contributed by atoms with van der Waals surface area (Å²) in [7, 11) is 0. The Kier molecular flexibility index (Phi) is 3.67. The van der Waals surface area contributed by atoms with Crippen LogP contribution in [0.15, 0.2) is 46.9 Å². The van der Waals surface area contributed by atoms with Gasteiger partial charge in [0, 0.05) is 9.13 Å². The van der Waals surface area contributed by atoms with Gasteiger partial charge in [-0.3, -0.25) is 4.79 Å². The highest BCUT2D eigenvalue weighted by atomic mass is 127. The average Bonchev–Trinajstić information content (AvgIpc) is 2.89. The van der Waals surface area contributed by atoms with Crippen LogP contribution >= 0.6 is 22.6 Å². The van der Waals surface area contributed by atoms with Crippen molar-refractivity contribution >= 4 is 39.7 Å². The maximum atomic E-state index is 11.0. The van der Waals surface area contributed by atoms with Crippen molar-refractivity contribution in [1.29, 1.82) is 0 Å². The summed E-state index contributed by atoms with van der Waals surface area (Å²) in [5, 5.41) is 9.07. The first-order chi connectivity index (χ1) is 10.0. The third-order valence-electron chi connectivity index (χ3n) is 3.37. The second-order valence-corrected chi connectivity index (χ2v) is 6.06. The minimum absolute atomic E-state index is 0.543. The van der Waals surface area contributed by atoms with Gasteiger partial charge in [0.15, 0.2) is 5.58 Å². The molecule has 5 heteroatoms. The molecule has 106 valence electrons. The summed E-state index contributed by atoms with van der Waals surface area (Å²) in [4.78, 5) is 15.5. The van der Waals surface area contributed by atoms with E-state index in [9.17, 15) is 4.79 Å². The number of carboxylic acids is 1. The molecule has 0 bridgehead atoms. The van der Waals surface area contributed by atoms with Gasteiger partial charge in [-0.1, -0.05) is 6.07 Å². The van der Waals surface area contributed by atoms with E-state index in [1.54, 1.807) is 25.1 Å². The molecule has 0 saturated heterocycles. The summed E-state index contributed by atoms with van der Waals surface area (Å²) in [6.07, 6.45) is 0. The molecule has 2 aromatic carbocycles. The predicted octanol–water partition coefficient (Wildman–Crippen LogP) is 4.29. The second kappa shape index (κ2) is 5.48. The van der Waals surface area contributed by atoms with Crippen LogP contribution in [-0.4, -0.2) is 16.1 Å². The fourth-order valence-electron chi connectivity index (χ4n) is 2.07. The van der Waals surface area contributed by atoms with E-state index in [4.69, 9.17) is 9.52 Å². The van der Waals surface area contributed by atoms with E-state index in [2.05, 4.69) is 27.6 Å². The molecule has 1 N–H and O–H groups in total. The van der Waals surface area contributed by atoms with Crippen LogP contribution in [0.4, 0.5) is 0 Å². The van der Waals surface area contributed by atoms with Gasteiger partial charge in [-0.05, 0) is 71.5 Å². The van der Waals surface area contributed by atoms with Crippen molar-refractivity contribution in [1.82, 2.24) is 4.98 Å². The number of halogens is 1. The Hall–Kier alpha value is -1.89. The van der Waals surface area contributed by atoms with E-state index >= 15 is 0 Å². The third-order valence-corrected chi connectivity index (χ3v) is 4.09. The molecule has 0 spiro atoms. The number of benzene rings is 2. The molecular weight excluding hydrogens is 381 g/mol. The SMILES string of the molecule is CC(C(=O)O)c1ccc2oc(-c3ccc(I)cc3)nc2c1. The molecule has 1 unspecified atom stereocenters. The Bertz CT molecular complexity index is 808. The molecule has 0 amide bonds. The zero-order valence-corrected chi connectivity index (χ0v) is 13.4. The van der Waals surface area contributed by atoms with Gasteiger partial charge in [0.2, 0.25) is 5.89 Å². The van der Waals surface area contributed by atoms with Crippen molar-refractivity contribution in [3.63, 3.8) is 0 Å². The Labute approximate surface area is 134 Å². The Morgan fingerprint density at radius 1 is 1.24 bits per heavy atom. The van der Waals surface area contributed by atoms with Crippen LogP contribution in [-0.2, 0) is 4.79 Å². The molecule has 1 aromatic heterocycles. The van der Waals surface area contributed by atoms with Crippen LogP contribution in [0, 0.1) is 3.57 Å². The van der Waals surface area contributed by atoms with Crippen LogP contribution in [0.3, 0.4) is 0 Å². The molecule has 0 radical (unpaired) electrons. The minimum Gasteiger partial charge on any atom is -0.481 e. The van der Waals surface area contributed by atoms with Gasteiger partial charge in [-0.15, -0.1) is 0 Å². The molecule has 3 aromatic rings. The molecule has 0 aliphatic heterocycles. The number of rotatable bonds is 3. The van der Waals surface area contributed by atoms with E-state index in [-0.39, 0.29) is 0 Å². The van der Waals surface area contributed by atoms with Gasteiger partial charge in [-0.25, -0.2) is 4.98 Å². The van der Waals surface area contributed by atoms with E-state index < -0.39 is 11.9 Å². The number of carbonyl (C=O) groups is 1. The fourth-order valence-corrected chi connectivity index (χ4v) is 2.43. The quantitative estimate of drug-likeness (QED) is 0.675. The van der Waals surface area contributed by atoms with Crippen molar-refractivity contribution in [2.75, 3.05) is 0 Å². The lowest BCUT2D eigenvalue weighted by Crippen LogP contribution is -2.06. The summed E-state index contributed by atoms with van der Waals surface area (Å²) in [6, 6.07) is 13.2. The maximum Gasteiger partial charge on any atom is 0.310 e. The third kappa shape index (κ3) is 2.78. The maximum absolute atomic E-state index is 11.0. The summed E-state index contributed by atoms with van der Waals surface area (Å²) >= 11 is 2.24. The number of hydrogen-bond donors (Lipinski definition) is 1. The highest BCUT2D eigenvalue weighted by Crippen LogP contribution is 2.27. The van der Waals surface area contributed by atoms with Crippen LogP contribution in [0.2, 0.25) is 0 Å². The summed E-state index contributed by atoms with van der Waals surface area (Å²) in [5.74, 6) is -0.870. The molecule has 0 aliphatic rings. The van der Waals surface area contributed by atoms with Gasteiger partial charge >= 0.3 is 5.97 Å². The number of nitrogens with zero attached hydrogens (tertiary/aromatic N) is 1. The molecule has 3 rings (SSSR count). The first kappa shape index (κ1) is 14.1. The van der Waals surface area contributed by atoms with Crippen molar-refractivity contribution in [3.8, 4) is 11.5 Å². The fraction of sp³-hybridized carbons (Fsp3) is 0.125. The number of carboxylic acid groups (broad SMARTS) is 1. The van der Waals surface area contributed by atoms with Gasteiger partial charge in [-0.2, -0.15) is 0 Å². The summed E-state index contributed by atoms with van der Waals surface area (Å²) < 4.78 is 6.87. The summed E-state index contributed by atoms with van der Waals surface area (Å²) in [6.45, 7) is 1.66. The lowest BCUT2D eigenvalue weighted by Gasteiger charge is -2.04. The lowest BCUT2D eigenvalue weighted by molar-refractivity contribution is -0.138. The standard InChI is InChI=1S/C16H12INO3/c1-9(16(19)20)11-4-7-14-13(8-11)18-15(21-14)10-2-5-12(17)6-3-10/h2-9H,1H3,(H,19,20). The van der Waals surface area contributed by atoms with Crippen molar-refractivity contribution in [2.45, 2.75) is 12.8 Å². The van der Waals surface area contributed by atoms with Crippen molar-refractivity contribution in [3.05, 3.63) is 51.6 Å². The van der Waals surface area contributed by atoms with E-state index in [0.717, 1.165) is 14.7 Å². The van der Waals surface area contributed by atoms with Gasteiger partial charge in [0.1, 0.15) is 5.52 Å². The molecule has 0 aliphatic carbocycles. The Balaban J connectivity index is 2.04. The minimum atomic E-state index is -0.851. The second-order valence-electron chi connectivity index (χ2n) is 4.81. The highest BCUT2D eigenvalue weighted by molar-refractivity contribution is 14.1. The predicted molar refractivity (Wildman–Crippen MR) is 88.2 cm³/mol. The largest absolute Gasteiger partial charge is 0.481 e. The molecule has 0 fully saturated rings. The first-order valence-corrected chi connectivity index (χ1v) is 7.52. The number of hydrogen-bond acceptors (Lipinski definition) is 3. The first-order valence-electron chi connectivity index (χ1n) is 6.44. The van der Waals surface area contributed by atoms with Crippen LogP contribution in [0.25, 0.3) is 22.6 Å². The molecule has 4 nitrogen and oxygen atoms in total. The Morgan fingerprint density at radius 3 is 2.62 bits per heavy atom. The van der Waals surface area contributed by atoms with Crippen LogP contribution < -0.4 is 0 Å². The normalized spacial score (nSPS) is 12.5.